The number of rotatable bonds is 3. The van der Waals surface area contributed by atoms with Crippen molar-refractivity contribution in [1.82, 2.24) is 9.80 Å². The van der Waals surface area contributed by atoms with Crippen molar-refractivity contribution in [2.45, 2.75) is 31.8 Å². The van der Waals surface area contributed by atoms with E-state index in [0.717, 1.165) is 44.3 Å². The number of nitrogens with zero attached hydrogens (tertiary/aromatic N) is 2. The van der Waals surface area contributed by atoms with Crippen LogP contribution in [0.4, 0.5) is 8.78 Å². The fourth-order valence-corrected chi connectivity index (χ4v) is 3.45. The molecule has 3 nitrogen and oxygen atoms in total. The van der Waals surface area contributed by atoms with Crippen molar-refractivity contribution >= 4 is 5.78 Å². The standard InChI is InChI=1S/C16H20F2N2O/c1-11-8-19-6-2-3-13(19)9-20(11)10-16(21)14-7-12(17)4-5-15(14)18/h4-5,7,11,13H,2-3,6,8-10H2,1H3. The molecule has 1 aromatic rings. The van der Waals surface area contributed by atoms with Gasteiger partial charge in [-0.05, 0) is 44.5 Å². The van der Waals surface area contributed by atoms with Crippen molar-refractivity contribution in [3.63, 3.8) is 0 Å². The van der Waals surface area contributed by atoms with Gasteiger partial charge in [0.25, 0.3) is 0 Å². The lowest BCUT2D eigenvalue weighted by Crippen LogP contribution is -2.56. The van der Waals surface area contributed by atoms with Gasteiger partial charge in [0.1, 0.15) is 11.6 Å². The first-order valence-electron chi connectivity index (χ1n) is 7.51. The van der Waals surface area contributed by atoms with Gasteiger partial charge in [-0.1, -0.05) is 0 Å². The Morgan fingerprint density at radius 3 is 2.95 bits per heavy atom. The number of hydrogen-bond acceptors (Lipinski definition) is 3. The minimum absolute atomic E-state index is 0.143. The molecule has 2 atom stereocenters. The Bertz CT molecular complexity index is 549. The van der Waals surface area contributed by atoms with Crippen LogP contribution in [0.5, 0.6) is 0 Å². The third-order valence-corrected chi connectivity index (χ3v) is 4.64. The first kappa shape index (κ1) is 14.6. The van der Waals surface area contributed by atoms with Crippen LogP contribution in [0.15, 0.2) is 18.2 Å². The maximum Gasteiger partial charge on any atom is 0.179 e. The minimum Gasteiger partial charge on any atom is -0.298 e. The highest BCUT2D eigenvalue weighted by Gasteiger charge is 2.35. The van der Waals surface area contributed by atoms with Crippen LogP contribution in [0, 0.1) is 11.6 Å². The number of carbonyl (C=O) groups excluding carboxylic acids is 1. The molecule has 114 valence electrons. The maximum absolute atomic E-state index is 13.7. The average Bonchev–Trinajstić information content (AvgIpc) is 2.88. The Morgan fingerprint density at radius 1 is 1.33 bits per heavy atom. The maximum atomic E-state index is 13.7. The van der Waals surface area contributed by atoms with Crippen LogP contribution in [0.3, 0.4) is 0 Å². The summed E-state index contributed by atoms with van der Waals surface area (Å²) in [7, 11) is 0. The summed E-state index contributed by atoms with van der Waals surface area (Å²) in [6.07, 6.45) is 2.36. The third kappa shape index (κ3) is 2.99. The molecule has 0 aliphatic carbocycles. The van der Waals surface area contributed by atoms with Gasteiger partial charge in [0.2, 0.25) is 0 Å². The summed E-state index contributed by atoms with van der Waals surface area (Å²) in [5.74, 6) is -1.56. The highest BCUT2D eigenvalue weighted by atomic mass is 19.1. The van der Waals surface area contributed by atoms with Gasteiger partial charge in [0.05, 0.1) is 12.1 Å². The minimum atomic E-state index is -0.645. The second kappa shape index (κ2) is 5.81. The molecule has 0 bridgehead atoms. The van der Waals surface area contributed by atoms with Crippen LogP contribution in [-0.4, -0.2) is 53.8 Å². The molecule has 2 heterocycles. The van der Waals surface area contributed by atoms with E-state index >= 15 is 0 Å². The molecule has 0 saturated carbocycles. The van der Waals surface area contributed by atoms with E-state index in [1.54, 1.807) is 0 Å². The van der Waals surface area contributed by atoms with E-state index < -0.39 is 11.6 Å². The number of Topliss-reactive ketones (excluding diaryl/α,β-unsaturated/α-hetero) is 1. The van der Waals surface area contributed by atoms with Crippen molar-refractivity contribution in [3.8, 4) is 0 Å². The summed E-state index contributed by atoms with van der Waals surface area (Å²) >= 11 is 0. The second-order valence-electron chi connectivity index (χ2n) is 6.12. The van der Waals surface area contributed by atoms with Gasteiger partial charge in [0, 0.05) is 25.2 Å². The van der Waals surface area contributed by atoms with Crippen molar-refractivity contribution in [2.24, 2.45) is 0 Å². The molecule has 2 fully saturated rings. The zero-order valence-corrected chi connectivity index (χ0v) is 12.2. The van der Waals surface area contributed by atoms with Gasteiger partial charge in [-0.3, -0.25) is 14.6 Å². The molecule has 0 aromatic heterocycles. The molecule has 21 heavy (non-hydrogen) atoms. The lowest BCUT2D eigenvalue weighted by molar-refractivity contribution is 0.0533. The van der Waals surface area contributed by atoms with E-state index in [-0.39, 0.29) is 23.9 Å². The number of hydrogen-bond donors (Lipinski definition) is 0. The van der Waals surface area contributed by atoms with Crippen LogP contribution >= 0.6 is 0 Å². The van der Waals surface area contributed by atoms with Crippen LogP contribution in [0.1, 0.15) is 30.1 Å². The predicted molar refractivity (Wildman–Crippen MR) is 76.3 cm³/mol. The molecule has 2 saturated heterocycles. The highest BCUT2D eigenvalue weighted by Crippen LogP contribution is 2.24. The molecule has 0 spiro atoms. The fourth-order valence-electron chi connectivity index (χ4n) is 3.45. The number of carbonyl (C=O) groups is 1. The molecule has 2 aliphatic heterocycles. The Morgan fingerprint density at radius 2 is 2.14 bits per heavy atom. The Kier molecular flexibility index (Phi) is 4.04. The van der Waals surface area contributed by atoms with Gasteiger partial charge in [0.15, 0.2) is 5.78 Å². The fraction of sp³-hybridized carbons (Fsp3) is 0.562. The molecule has 3 rings (SSSR count). The number of benzene rings is 1. The van der Waals surface area contributed by atoms with E-state index in [2.05, 4.69) is 16.7 Å². The van der Waals surface area contributed by atoms with Crippen LogP contribution in [0.2, 0.25) is 0 Å². The normalized spacial score (nSPS) is 26.8. The summed E-state index contributed by atoms with van der Waals surface area (Å²) in [6, 6.07) is 3.81. The van der Waals surface area contributed by atoms with E-state index in [1.165, 1.54) is 6.42 Å². The van der Waals surface area contributed by atoms with Gasteiger partial charge >= 0.3 is 0 Å². The first-order chi connectivity index (χ1) is 10.0. The van der Waals surface area contributed by atoms with Crippen molar-refractivity contribution in [3.05, 3.63) is 35.4 Å². The van der Waals surface area contributed by atoms with Crippen molar-refractivity contribution in [2.75, 3.05) is 26.2 Å². The largest absolute Gasteiger partial charge is 0.298 e. The molecular formula is C16H20F2N2O. The van der Waals surface area contributed by atoms with Crippen molar-refractivity contribution in [1.29, 1.82) is 0 Å². The van der Waals surface area contributed by atoms with Gasteiger partial charge in [-0.2, -0.15) is 0 Å². The predicted octanol–water partition coefficient (Wildman–Crippen LogP) is 2.32. The number of ketones is 1. The van der Waals surface area contributed by atoms with Crippen LogP contribution in [0.25, 0.3) is 0 Å². The summed E-state index contributed by atoms with van der Waals surface area (Å²) < 4.78 is 26.9. The van der Waals surface area contributed by atoms with Gasteiger partial charge in [-0.15, -0.1) is 0 Å². The number of fused-ring (bicyclic) bond motifs is 1. The number of halogens is 2. The molecule has 0 radical (unpaired) electrons. The monoisotopic (exact) mass is 294 g/mol. The summed E-state index contributed by atoms with van der Waals surface area (Å²) in [6.45, 7) is 5.17. The molecular weight excluding hydrogens is 274 g/mol. The Balaban J connectivity index is 1.70. The summed E-state index contributed by atoms with van der Waals surface area (Å²) in [4.78, 5) is 16.8. The highest BCUT2D eigenvalue weighted by molar-refractivity contribution is 5.97. The Labute approximate surface area is 123 Å². The lowest BCUT2D eigenvalue weighted by atomic mass is 10.1. The van der Waals surface area contributed by atoms with E-state index in [0.29, 0.717) is 6.04 Å². The smallest absolute Gasteiger partial charge is 0.179 e. The lowest BCUT2D eigenvalue weighted by Gasteiger charge is -2.42. The second-order valence-corrected chi connectivity index (χ2v) is 6.12. The van der Waals surface area contributed by atoms with E-state index in [9.17, 15) is 13.6 Å². The van der Waals surface area contributed by atoms with E-state index in [4.69, 9.17) is 0 Å². The third-order valence-electron chi connectivity index (χ3n) is 4.64. The molecule has 0 N–H and O–H groups in total. The van der Waals surface area contributed by atoms with Crippen LogP contribution in [-0.2, 0) is 0 Å². The SMILES string of the molecule is CC1CN2CCCC2CN1CC(=O)c1cc(F)ccc1F. The summed E-state index contributed by atoms with van der Waals surface area (Å²) in [5.41, 5.74) is -0.143. The molecule has 2 unspecified atom stereocenters. The van der Waals surface area contributed by atoms with E-state index in [1.807, 2.05) is 0 Å². The number of piperazine rings is 1. The molecule has 1 aromatic carbocycles. The molecule has 5 heteroatoms. The van der Waals surface area contributed by atoms with Gasteiger partial charge in [-0.25, -0.2) is 8.78 Å². The van der Waals surface area contributed by atoms with Gasteiger partial charge < -0.3 is 0 Å². The Hall–Kier alpha value is -1.33. The zero-order chi connectivity index (χ0) is 15.0. The average molecular weight is 294 g/mol. The molecule has 0 amide bonds. The first-order valence-corrected chi connectivity index (χ1v) is 7.51. The van der Waals surface area contributed by atoms with Crippen LogP contribution < -0.4 is 0 Å². The quantitative estimate of drug-likeness (QED) is 0.799. The summed E-state index contributed by atoms with van der Waals surface area (Å²) in [5, 5.41) is 0. The zero-order valence-electron chi connectivity index (χ0n) is 12.2. The topological polar surface area (TPSA) is 23.6 Å². The van der Waals surface area contributed by atoms with Crippen molar-refractivity contribution < 1.29 is 13.6 Å². The molecule has 2 aliphatic rings.